The Balaban J connectivity index is 3.42. The van der Waals surface area contributed by atoms with Crippen molar-refractivity contribution in [2.75, 3.05) is 0 Å². The number of hydrogen-bond donors (Lipinski definition) is 0. The summed E-state index contributed by atoms with van der Waals surface area (Å²) < 4.78 is 25.4. The molecule has 0 bridgehead atoms. The molecule has 14 heavy (non-hydrogen) atoms. The predicted molar refractivity (Wildman–Crippen MR) is 54.9 cm³/mol. The van der Waals surface area contributed by atoms with Gasteiger partial charge in [-0.25, -0.2) is 8.78 Å². The summed E-state index contributed by atoms with van der Waals surface area (Å²) in [6.07, 6.45) is -0.953. The van der Waals surface area contributed by atoms with Gasteiger partial charge in [-0.1, -0.05) is 15.9 Å². The highest BCUT2D eigenvalue weighted by Crippen LogP contribution is 2.32. The molecule has 0 amide bonds. The number of rotatable bonds is 3. The predicted octanol–water partition coefficient (Wildman–Crippen LogP) is 3.49. The molecule has 0 saturated carbocycles. The fraction of sp³-hybridized carbons (Fsp3) is 0.250. The van der Waals surface area contributed by atoms with Crippen LogP contribution in [0.4, 0.5) is 8.78 Å². The zero-order chi connectivity index (χ0) is 10.7. The van der Waals surface area contributed by atoms with Crippen molar-refractivity contribution in [3.8, 4) is 0 Å². The van der Waals surface area contributed by atoms with E-state index >= 15 is 0 Å². The van der Waals surface area contributed by atoms with Crippen LogP contribution < -0.4 is 0 Å². The minimum atomic E-state index is -2.63. The topological polar surface area (TPSA) is 30.0 Å². The number of aldehydes is 1. The van der Waals surface area contributed by atoms with Gasteiger partial charge in [0.1, 0.15) is 5.69 Å². The van der Waals surface area contributed by atoms with Crippen LogP contribution in [-0.2, 0) is 5.33 Å². The van der Waals surface area contributed by atoms with Gasteiger partial charge in [0, 0.05) is 27.1 Å². The Kier molecular flexibility index (Phi) is 4.12. The molecule has 0 unspecified atom stereocenters. The van der Waals surface area contributed by atoms with E-state index in [1.54, 1.807) is 0 Å². The van der Waals surface area contributed by atoms with Gasteiger partial charge < -0.3 is 0 Å². The first kappa shape index (κ1) is 11.7. The maximum atomic E-state index is 12.6. The van der Waals surface area contributed by atoms with E-state index in [-0.39, 0.29) is 26.6 Å². The highest BCUT2D eigenvalue weighted by molar-refractivity contribution is 9.10. The fourth-order valence-electron chi connectivity index (χ4n) is 1.03. The SMILES string of the molecule is O=Cc1ncc(Br)c(C(F)F)c1CBr. The first-order chi connectivity index (χ1) is 6.61. The molecule has 1 aromatic heterocycles. The fourth-order valence-corrected chi connectivity index (χ4v) is 2.14. The van der Waals surface area contributed by atoms with Crippen LogP contribution in [0, 0.1) is 0 Å². The molecule has 0 aliphatic carbocycles. The van der Waals surface area contributed by atoms with Crippen molar-refractivity contribution >= 4 is 38.1 Å². The number of carbonyl (C=O) groups excluding carboxylic acids is 1. The highest BCUT2D eigenvalue weighted by atomic mass is 79.9. The molecule has 0 N–H and O–H groups in total. The number of halogens is 4. The molecule has 0 saturated heterocycles. The molecule has 76 valence electrons. The van der Waals surface area contributed by atoms with Crippen LogP contribution >= 0.6 is 31.9 Å². The third-order valence-corrected chi connectivity index (χ3v) is 2.86. The van der Waals surface area contributed by atoms with Gasteiger partial charge in [0.2, 0.25) is 0 Å². The second-order valence-corrected chi connectivity index (χ2v) is 3.85. The molecule has 2 nitrogen and oxygen atoms in total. The summed E-state index contributed by atoms with van der Waals surface area (Å²) in [7, 11) is 0. The van der Waals surface area contributed by atoms with Gasteiger partial charge in [-0.05, 0) is 15.9 Å². The quantitative estimate of drug-likeness (QED) is 0.628. The Labute approximate surface area is 96.0 Å². The van der Waals surface area contributed by atoms with Crippen LogP contribution in [0.25, 0.3) is 0 Å². The summed E-state index contributed by atoms with van der Waals surface area (Å²) in [5, 5.41) is 0.174. The minimum Gasteiger partial charge on any atom is -0.296 e. The standard InChI is InChI=1S/C8H5Br2F2NO/c9-1-4-6(3-14)13-2-5(10)7(4)8(11)12/h2-3,8H,1H2. The van der Waals surface area contributed by atoms with Crippen molar-refractivity contribution in [1.29, 1.82) is 0 Å². The molecule has 0 atom stereocenters. The molecule has 0 radical (unpaired) electrons. The Morgan fingerprint density at radius 1 is 1.57 bits per heavy atom. The molecule has 1 heterocycles. The van der Waals surface area contributed by atoms with E-state index in [9.17, 15) is 13.6 Å². The zero-order valence-electron chi connectivity index (χ0n) is 6.81. The van der Waals surface area contributed by atoms with Crippen LogP contribution in [0.5, 0.6) is 0 Å². The number of carbonyl (C=O) groups is 1. The number of pyridine rings is 1. The van der Waals surface area contributed by atoms with E-state index in [1.165, 1.54) is 6.20 Å². The smallest absolute Gasteiger partial charge is 0.265 e. The van der Waals surface area contributed by atoms with E-state index in [2.05, 4.69) is 36.8 Å². The van der Waals surface area contributed by atoms with Crippen molar-refractivity contribution in [2.24, 2.45) is 0 Å². The molecular formula is C8H5Br2F2NO. The summed E-state index contributed by atoms with van der Waals surface area (Å²) in [6.45, 7) is 0. The van der Waals surface area contributed by atoms with Gasteiger partial charge in [-0.3, -0.25) is 9.78 Å². The van der Waals surface area contributed by atoms with E-state index in [4.69, 9.17) is 0 Å². The molecule has 1 aromatic rings. The van der Waals surface area contributed by atoms with Gasteiger partial charge in [0.25, 0.3) is 6.43 Å². The highest BCUT2D eigenvalue weighted by Gasteiger charge is 2.19. The molecule has 6 heteroatoms. The van der Waals surface area contributed by atoms with Crippen molar-refractivity contribution in [1.82, 2.24) is 4.98 Å². The summed E-state index contributed by atoms with van der Waals surface area (Å²) in [4.78, 5) is 14.3. The van der Waals surface area contributed by atoms with Gasteiger partial charge in [-0.2, -0.15) is 0 Å². The number of alkyl halides is 3. The average Bonchev–Trinajstić information content (AvgIpc) is 2.16. The lowest BCUT2D eigenvalue weighted by molar-refractivity contribution is 0.111. The molecule has 0 spiro atoms. The number of nitrogens with zero attached hydrogens (tertiary/aromatic N) is 1. The van der Waals surface area contributed by atoms with E-state index in [0.29, 0.717) is 6.29 Å². The van der Waals surface area contributed by atoms with Crippen LogP contribution in [0.1, 0.15) is 28.0 Å². The third kappa shape index (κ3) is 2.17. The van der Waals surface area contributed by atoms with Crippen molar-refractivity contribution in [3.63, 3.8) is 0 Å². The largest absolute Gasteiger partial charge is 0.296 e. The lowest BCUT2D eigenvalue weighted by atomic mass is 10.1. The van der Waals surface area contributed by atoms with Crippen LogP contribution in [0.3, 0.4) is 0 Å². The monoisotopic (exact) mass is 327 g/mol. The maximum absolute atomic E-state index is 12.6. The Bertz CT molecular complexity index is 357. The van der Waals surface area contributed by atoms with Gasteiger partial charge >= 0.3 is 0 Å². The summed E-state index contributed by atoms with van der Waals surface area (Å²) >= 11 is 6.02. The number of aromatic nitrogens is 1. The molecule has 0 aliphatic rings. The summed E-state index contributed by atoms with van der Waals surface area (Å²) in [6, 6.07) is 0. The number of hydrogen-bond acceptors (Lipinski definition) is 2. The van der Waals surface area contributed by atoms with Crippen LogP contribution in [0.2, 0.25) is 0 Å². The van der Waals surface area contributed by atoms with Gasteiger partial charge in [0.15, 0.2) is 6.29 Å². The second-order valence-electron chi connectivity index (χ2n) is 2.44. The third-order valence-electron chi connectivity index (χ3n) is 1.67. The van der Waals surface area contributed by atoms with E-state index in [1.807, 2.05) is 0 Å². The van der Waals surface area contributed by atoms with Crippen molar-refractivity contribution in [2.45, 2.75) is 11.8 Å². The summed E-state index contributed by atoms with van der Waals surface area (Å²) in [5.41, 5.74) is 0.0868. The first-order valence-electron chi connectivity index (χ1n) is 3.58. The maximum Gasteiger partial charge on any atom is 0.265 e. The van der Waals surface area contributed by atoms with Gasteiger partial charge in [0.05, 0.1) is 0 Å². The molecular weight excluding hydrogens is 324 g/mol. The molecule has 0 aliphatic heterocycles. The molecule has 0 fully saturated rings. The molecule has 1 rings (SSSR count). The van der Waals surface area contributed by atoms with Crippen molar-refractivity contribution < 1.29 is 13.6 Å². The lowest BCUT2D eigenvalue weighted by Gasteiger charge is -2.09. The zero-order valence-corrected chi connectivity index (χ0v) is 9.98. The van der Waals surface area contributed by atoms with Crippen LogP contribution in [-0.4, -0.2) is 11.3 Å². The Hall–Kier alpha value is -0.360. The Morgan fingerprint density at radius 2 is 2.21 bits per heavy atom. The second kappa shape index (κ2) is 4.93. The average molecular weight is 329 g/mol. The van der Waals surface area contributed by atoms with Gasteiger partial charge in [-0.15, -0.1) is 0 Å². The normalized spacial score (nSPS) is 10.6. The van der Waals surface area contributed by atoms with Crippen molar-refractivity contribution in [3.05, 3.63) is 27.5 Å². The first-order valence-corrected chi connectivity index (χ1v) is 5.49. The van der Waals surface area contributed by atoms with E-state index < -0.39 is 6.43 Å². The summed E-state index contributed by atoms with van der Waals surface area (Å²) in [5.74, 6) is 0. The van der Waals surface area contributed by atoms with Crippen LogP contribution in [0.15, 0.2) is 10.7 Å². The molecule has 0 aromatic carbocycles. The van der Waals surface area contributed by atoms with E-state index in [0.717, 1.165) is 0 Å². The lowest BCUT2D eigenvalue weighted by Crippen LogP contribution is -2.02. The minimum absolute atomic E-state index is 0.0420. The Morgan fingerprint density at radius 3 is 2.64 bits per heavy atom.